The van der Waals surface area contributed by atoms with Crippen molar-refractivity contribution in [3.05, 3.63) is 0 Å². The molecule has 3 aliphatic heterocycles. The smallest absolute Gasteiger partial charge is 0.303 e. The average Bonchev–Trinajstić information content (AvgIpc) is 3.27. The fourth-order valence-corrected chi connectivity index (χ4v) is 7.23. The molecule has 14 N–H and O–H groups in total. The molecule has 16 atom stereocenters. The van der Waals surface area contributed by atoms with Gasteiger partial charge in [-0.05, 0) is 52.9 Å². The summed E-state index contributed by atoms with van der Waals surface area (Å²) in [6.45, 7) is 2.39. The Morgan fingerprint density at radius 1 is 0.485 bits per heavy atom. The third-order valence-electron chi connectivity index (χ3n) is 11.2. The van der Waals surface area contributed by atoms with E-state index in [9.17, 15) is 69.9 Å². The number of unbranched alkanes of at least 4 members (excludes halogenated alkanes) is 2. The standard InChI is InChI=1S/C40H71N5O21/c1-20-28(51)31(54)34(57)38(64-20)61-15-12-42-25(47)18-45(19-26(48)43-13-16-62-39-35(58)32(55)29(52)21(2)65-39)23(8-6-7-11-41-24(46)9-4-5-10-27(49)50)37(60)44-14-17-63-40-36(59)33(56)30(53)22(3)66-40/h20-23,28-36,38-40,51-59H,4-19H2,1-3H3,(H,41,46)(H,42,47)(H,43,48)(H,44,60)(H,49,50)/t20-,21-,22-,23-,28+,29+,30+,31+,32+,33+,34-,35-,36-,38+,39+,40+/m0/s1. The van der Waals surface area contributed by atoms with Gasteiger partial charge in [0.2, 0.25) is 23.6 Å². The van der Waals surface area contributed by atoms with Crippen LogP contribution in [-0.4, -0.2) is 243 Å². The molecule has 26 nitrogen and oxygen atoms in total. The van der Waals surface area contributed by atoms with Crippen molar-refractivity contribution in [1.29, 1.82) is 0 Å². The Morgan fingerprint density at radius 2 is 0.864 bits per heavy atom. The molecule has 0 aromatic rings. The Hall–Kier alpha value is -3.29. The fourth-order valence-electron chi connectivity index (χ4n) is 7.23. The van der Waals surface area contributed by atoms with Gasteiger partial charge in [0.15, 0.2) is 18.9 Å². The second-order valence-corrected chi connectivity index (χ2v) is 16.5. The highest BCUT2D eigenvalue weighted by atomic mass is 16.7. The lowest BCUT2D eigenvalue weighted by molar-refractivity contribution is -0.292. The highest BCUT2D eigenvalue weighted by Gasteiger charge is 2.44. The predicted molar refractivity (Wildman–Crippen MR) is 222 cm³/mol. The SMILES string of the molecule is C[C@@H]1O[C@@H](OCCNC(=O)CN(CC(=O)NCCO[C@@H]2O[C@@H](C)[C@@H](O)[C@@H](O)[C@@H]2O)[C@@H](CCCCNC(=O)CCCCC(=O)O)C(=O)NCCO[C@@H]2O[C@@H](C)[C@@H](O)[C@@H](O)[C@@H]2O)[C@@H](O)[C@H](O)[C@@H]1O. The monoisotopic (exact) mass is 957 g/mol. The van der Waals surface area contributed by atoms with Crippen LogP contribution in [0.1, 0.15) is 65.7 Å². The summed E-state index contributed by atoms with van der Waals surface area (Å²) in [4.78, 5) is 65.1. The van der Waals surface area contributed by atoms with E-state index < -0.39 is 135 Å². The summed E-state index contributed by atoms with van der Waals surface area (Å²) in [5.74, 6) is -3.25. The lowest BCUT2D eigenvalue weighted by atomic mass is 10.0. The first-order valence-corrected chi connectivity index (χ1v) is 22.2. The Balaban J connectivity index is 1.69. The van der Waals surface area contributed by atoms with Gasteiger partial charge in [-0.2, -0.15) is 0 Å². The fraction of sp³-hybridized carbons (Fsp3) is 0.875. The summed E-state index contributed by atoms with van der Waals surface area (Å²) in [5.41, 5.74) is 0. The third-order valence-corrected chi connectivity index (χ3v) is 11.2. The molecule has 0 radical (unpaired) electrons. The van der Waals surface area contributed by atoms with Crippen LogP contribution in [0.4, 0.5) is 0 Å². The lowest BCUT2D eigenvalue weighted by Crippen LogP contribution is -2.58. The summed E-state index contributed by atoms with van der Waals surface area (Å²) in [6.07, 6.45) is -18.6. The topological polar surface area (TPSA) is 394 Å². The van der Waals surface area contributed by atoms with Gasteiger partial charge in [-0.1, -0.05) is 0 Å². The summed E-state index contributed by atoms with van der Waals surface area (Å²) >= 11 is 0. The van der Waals surface area contributed by atoms with Gasteiger partial charge in [0.25, 0.3) is 0 Å². The number of nitrogens with one attached hydrogen (secondary N) is 4. The van der Waals surface area contributed by atoms with Crippen LogP contribution in [0.3, 0.4) is 0 Å². The maximum Gasteiger partial charge on any atom is 0.303 e. The Kier molecular flexibility index (Phi) is 25.0. The van der Waals surface area contributed by atoms with Crippen molar-refractivity contribution in [3.8, 4) is 0 Å². The lowest BCUT2D eigenvalue weighted by Gasteiger charge is -2.39. The number of amides is 4. The number of carbonyl (C=O) groups is 5. The zero-order valence-electron chi connectivity index (χ0n) is 37.5. The molecule has 26 heteroatoms. The number of nitrogens with zero attached hydrogens (tertiary/aromatic N) is 1. The van der Waals surface area contributed by atoms with Crippen molar-refractivity contribution < 1.29 is 103 Å². The minimum Gasteiger partial charge on any atom is -0.481 e. The van der Waals surface area contributed by atoms with Crippen molar-refractivity contribution >= 4 is 29.6 Å². The molecule has 66 heavy (non-hydrogen) atoms. The molecular weight excluding hydrogens is 886 g/mol. The van der Waals surface area contributed by atoms with Gasteiger partial charge in [-0.25, -0.2) is 0 Å². The Labute approximate surface area is 381 Å². The first-order chi connectivity index (χ1) is 31.2. The molecule has 0 aromatic heterocycles. The van der Waals surface area contributed by atoms with Crippen molar-refractivity contribution in [2.24, 2.45) is 0 Å². The molecular formula is C40H71N5O21. The maximum absolute atomic E-state index is 13.9. The Morgan fingerprint density at radius 3 is 1.27 bits per heavy atom. The average molecular weight is 958 g/mol. The maximum atomic E-state index is 13.9. The van der Waals surface area contributed by atoms with Gasteiger partial charge in [-0.15, -0.1) is 0 Å². The van der Waals surface area contributed by atoms with Crippen LogP contribution in [0.5, 0.6) is 0 Å². The number of carbonyl (C=O) groups excluding carboxylic acids is 4. The molecule has 3 saturated heterocycles. The van der Waals surface area contributed by atoms with E-state index >= 15 is 0 Å². The van der Waals surface area contributed by atoms with Crippen LogP contribution in [0, 0.1) is 0 Å². The predicted octanol–water partition coefficient (Wildman–Crippen LogP) is -6.53. The van der Waals surface area contributed by atoms with Crippen molar-refractivity contribution in [2.45, 2.75) is 164 Å². The molecule has 4 amide bonds. The molecule has 0 aromatic carbocycles. The minimum atomic E-state index is -1.60. The molecule has 0 spiro atoms. The van der Waals surface area contributed by atoms with Crippen LogP contribution >= 0.6 is 0 Å². The number of ether oxygens (including phenoxy) is 6. The van der Waals surface area contributed by atoms with Crippen LogP contribution in [-0.2, 0) is 52.4 Å². The normalized spacial score (nSPS) is 32.9. The largest absolute Gasteiger partial charge is 0.481 e. The van der Waals surface area contributed by atoms with E-state index in [4.69, 9.17) is 33.5 Å². The molecule has 0 unspecified atom stereocenters. The first kappa shape index (κ1) is 57.0. The van der Waals surface area contributed by atoms with Gasteiger partial charge >= 0.3 is 5.97 Å². The van der Waals surface area contributed by atoms with Gasteiger partial charge in [0.05, 0.1) is 57.3 Å². The number of aliphatic carboxylic acids is 1. The number of aliphatic hydroxyl groups is 9. The van der Waals surface area contributed by atoms with E-state index in [-0.39, 0.29) is 71.2 Å². The molecule has 3 heterocycles. The molecule has 0 aliphatic carbocycles. The van der Waals surface area contributed by atoms with Gasteiger partial charge < -0.3 is 101 Å². The van der Waals surface area contributed by atoms with Crippen molar-refractivity contribution in [3.63, 3.8) is 0 Å². The quantitative estimate of drug-likeness (QED) is 0.0324. The van der Waals surface area contributed by atoms with Gasteiger partial charge in [0, 0.05) is 39.0 Å². The molecule has 3 aliphatic rings. The van der Waals surface area contributed by atoms with Gasteiger partial charge in [-0.3, -0.25) is 28.9 Å². The van der Waals surface area contributed by atoms with E-state index in [1.54, 1.807) is 0 Å². The van der Waals surface area contributed by atoms with E-state index in [2.05, 4.69) is 21.3 Å². The van der Waals surface area contributed by atoms with Crippen LogP contribution < -0.4 is 21.3 Å². The molecule has 382 valence electrons. The summed E-state index contributed by atoms with van der Waals surface area (Å²) in [5, 5.41) is 110. The molecule has 3 rings (SSSR count). The number of rotatable bonds is 28. The zero-order valence-corrected chi connectivity index (χ0v) is 37.5. The first-order valence-electron chi connectivity index (χ1n) is 22.2. The van der Waals surface area contributed by atoms with Crippen LogP contribution in [0.2, 0.25) is 0 Å². The van der Waals surface area contributed by atoms with Crippen LogP contribution in [0.25, 0.3) is 0 Å². The third kappa shape index (κ3) is 18.3. The highest BCUT2D eigenvalue weighted by Crippen LogP contribution is 2.24. The van der Waals surface area contributed by atoms with E-state index in [0.29, 0.717) is 25.7 Å². The number of hydrogen-bond donors (Lipinski definition) is 14. The highest BCUT2D eigenvalue weighted by molar-refractivity contribution is 5.86. The second-order valence-electron chi connectivity index (χ2n) is 16.5. The zero-order chi connectivity index (χ0) is 49.1. The van der Waals surface area contributed by atoms with Crippen molar-refractivity contribution in [1.82, 2.24) is 26.2 Å². The summed E-state index contributed by atoms with van der Waals surface area (Å²) in [6, 6.07) is -1.17. The summed E-state index contributed by atoms with van der Waals surface area (Å²) in [7, 11) is 0. The van der Waals surface area contributed by atoms with Crippen LogP contribution in [0.15, 0.2) is 0 Å². The second kappa shape index (κ2) is 28.9. The number of carboxylic acids is 1. The number of aliphatic hydroxyl groups excluding tert-OH is 9. The molecule has 0 bridgehead atoms. The van der Waals surface area contributed by atoms with E-state index in [0.717, 1.165) is 0 Å². The summed E-state index contributed by atoms with van der Waals surface area (Å²) < 4.78 is 32.8. The van der Waals surface area contributed by atoms with Crippen molar-refractivity contribution in [2.75, 3.05) is 59.1 Å². The Bertz CT molecular complexity index is 1450. The van der Waals surface area contributed by atoms with E-state index in [1.165, 1.54) is 25.7 Å². The molecule has 0 saturated carbocycles. The number of carboxylic acid groups (broad SMARTS) is 1. The molecule has 3 fully saturated rings. The number of hydrogen-bond acceptors (Lipinski definition) is 21. The van der Waals surface area contributed by atoms with Gasteiger partial charge in [0.1, 0.15) is 54.9 Å². The van der Waals surface area contributed by atoms with E-state index in [1.807, 2.05) is 0 Å². The minimum absolute atomic E-state index is 0.0482.